The molecule has 1 saturated heterocycles. The lowest BCUT2D eigenvalue weighted by Crippen LogP contribution is -2.45. The standard InChI is InChI=1S/C27H28N6O4S/c1-17-15-33(16-18(2)37-17)25-8-4-6-21(30-25)22-11-10-19-14-28-20(12-23(19)29-22)13-26(34)31-24-7-5-9-27(32-24)38(3,35)36/h4-12,14,17-18H,13,15-16H2,1-3H3,(H,31,32,34)/t17-,18+. The summed E-state index contributed by atoms with van der Waals surface area (Å²) in [6, 6.07) is 16.0. The number of carbonyl (C=O) groups is 1. The van der Waals surface area contributed by atoms with Crippen LogP contribution >= 0.6 is 0 Å². The van der Waals surface area contributed by atoms with E-state index in [4.69, 9.17) is 14.7 Å². The molecule has 0 aromatic carbocycles. The van der Waals surface area contributed by atoms with Gasteiger partial charge in [-0.1, -0.05) is 12.1 Å². The number of nitrogens with zero attached hydrogens (tertiary/aromatic N) is 5. The van der Waals surface area contributed by atoms with Gasteiger partial charge in [-0.05, 0) is 56.3 Å². The van der Waals surface area contributed by atoms with E-state index in [9.17, 15) is 13.2 Å². The summed E-state index contributed by atoms with van der Waals surface area (Å²) in [5.74, 6) is 0.677. The lowest BCUT2D eigenvalue weighted by Gasteiger charge is -2.36. The predicted octanol–water partition coefficient (Wildman–Crippen LogP) is 3.29. The number of aromatic nitrogens is 4. The average Bonchev–Trinajstić information content (AvgIpc) is 2.87. The highest BCUT2D eigenvalue weighted by atomic mass is 32.2. The summed E-state index contributed by atoms with van der Waals surface area (Å²) in [4.78, 5) is 32.9. The Balaban J connectivity index is 1.34. The molecule has 0 unspecified atom stereocenters. The molecule has 1 fully saturated rings. The zero-order valence-electron chi connectivity index (χ0n) is 21.3. The van der Waals surface area contributed by atoms with Crippen molar-refractivity contribution in [1.29, 1.82) is 0 Å². The molecule has 0 bridgehead atoms. The van der Waals surface area contributed by atoms with E-state index in [1.54, 1.807) is 12.3 Å². The van der Waals surface area contributed by atoms with Gasteiger partial charge in [0.25, 0.3) is 0 Å². The Morgan fingerprint density at radius 3 is 2.50 bits per heavy atom. The van der Waals surface area contributed by atoms with Crippen LogP contribution in [0.3, 0.4) is 0 Å². The number of hydrogen-bond acceptors (Lipinski definition) is 9. The maximum atomic E-state index is 12.6. The average molecular weight is 533 g/mol. The summed E-state index contributed by atoms with van der Waals surface area (Å²) >= 11 is 0. The lowest BCUT2D eigenvalue weighted by atomic mass is 10.1. The first-order chi connectivity index (χ1) is 18.1. The lowest BCUT2D eigenvalue weighted by molar-refractivity contribution is -0.115. The Bertz CT molecular complexity index is 1600. The number of anilines is 2. The van der Waals surface area contributed by atoms with Crippen LogP contribution < -0.4 is 10.2 Å². The topological polar surface area (TPSA) is 127 Å². The summed E-state index contributed by atoms with van der Waals surface area (Å²) in [6.45, 7) is 5.67. The number of sulfone groups is 1. The predicted molar refractivity (Wildman–Crippen MR) is 145 cm³/mol. The van der Waals surface area contributed by atoms with E-state index < -0.39 is 9.84 Å². The fourth-order valence-corrected chi connectivity index (χ4v) is 5.04. The minimum Gasteiger partial charge on any atom is -0.372 e. The number of ether oxygens (including phenoxy) is 1. The summed E-state index contributed by atoms with van der Waals surface area (Å²) in [5, 5.41) is 3.37. The fourth-order valence-electron chi connectivity index (χ4n) is 4.45. The maximum absolute atomic E-state index is 12.6. The molecule has 11 heteroatoms. The molecule has 0 radical (unpaired) electrons. The molecule has 5 heterocycles. The summed E-state index contributed by atoms with van der Waals surface area (Å²) < 4.78 is 29.3. The van der Waals surface area contributed by atoms with E-state index in [0.29, 0.717) is 11.2 Å². The highest BCUT2D eigenvalue weighted by Crippen LogP contribution is 2.24. The number of pyridine rings is 4. The molecule has 10 nitrogen and oxygen atoms in total. The number of hydrogen-bond donors (Lipinski definition) is 1. The van der Waals surface area contributed by atoms with Crippen LogP contribution in [0.5, 0.6) is 0 Å². The van der Waals surface area contributed by atoms with E-state index in [1.165, 1.54) is 18.2 Å². The van der Waals surface area contributed by atoms with Crippen molar-refractivity contribution in [1.82, 2.24) is 19.9 Å². The van der Waals surface area contributed by atoms with Crippen LogP contribution in [0.1, 0.15) is 19.5 Å². The number of fused-ring (bicyclic) bond motifs is 1. The van der Waals surface area contributed by atoms with E-state index >= 15 is 0 Å². The Kier molecular flexibility index (Phi) is 7.04. The normalized spacial score (nSPS) is 17.9. The van der Waals surface area contributed by atoms with E-state index in [0.717, 1.165) is 41.9 Å². The molecule has 4 aromatic rings. The third-order valence-electron chi connectivity index (χ3n) is 6.08. The second-order valence-corrected chi connectivity index (χ2v) is 11.4. The SMILES string of the molecule is C[C@@H]1CN(c2cccc(-c3ccc4cnc(CC(=O)Nc5cccc(S(C)(=O)=O)n5)cc4n3)n2)C[C@H](C)O1. The molecule has 1 N–H and O–H groups in total. The molecule has 4 aromatic heterocycles. The molecule has 0 saturated carbocycles. The van der Waals surface area contributed by atoms with Crippen molar-refractivity contribution in [3.63, 3.8) is 0 Å². The number of carbonyl (C=O) groups excluding carboxylic acids is 1. The van der Waals surface area contributed by atoms with Gasteiger partial charge in [-0.15, -0.1) is 0 Å². The molecule has 1 amide bonds. The zero-order chi connectivity index (χ0) is 26.9. The fraction of sp³-hybridized carbons (Fsp3) is 0.296. The van der Waals surface area contributed by atoms with Crippen LogP contribution in [0.2, 0.25) is 0 Å². The van der Waals surface area contributed by atoms with Gasteiger partial charge < -0.3 is 15.0 Å². The first-order valence-corrected chi connectivity index (χ1v) is 14.1. The zero-order valence-corrected chi connectivity index (χ0v) is 22.1. The van der Waals surface area contributed by atoms with E-state index in [-0.39, 0.29) is 35.4 Å². The van der Waals surface area contributed by atoms with E-state index in [1.807, 2.05) is 30.3 Å². The maximum Gasteiger partial charge on any atom is 0.231 e. The second-order valence-electron chi connectivity index (χ2n) is 9.47. The van der Waals surface area contributed by atoms with Gasteiger partial charge in [-0.3, -0.25) is 9.78 Å². The highest BCUT2D eigenvalue weighted by molar-refractivity contribution is 7.90. The minimum absolute atomic E-state index is 0.0201. The highest BCUT2D eigenvalue weighted by Gasteiger charge is 2.23. The van der Waals surface area contributed by atoms with Gasteiger partial charge in [0.2, 0.25) is 5.91 Å². The van der Waals surface area contributed by atoms with E-state index in [2.05, 4.69) is 34.0 Å². The minimum atomic E-state index is -3.48. The Morgan fingerprint density at radius 2 is 1.74 bits per heavy atom. The third-order valence-corrected chi connectivity index (χ3v) is 7.07. The molecular formula is C27H28N6O4S. The molecule has 196 valence electrons. The molecule has 1 aliphatic heterocycles. The molecule has 1 aliphatic rings. The molecule has 0 spiro atoms. The van der Waals surface area contributed by atoms with Crippen molar-refractivity contribution >= 4 is 38.3 Å². The van der Waals surface area contributed by atoms with Crippen molar-refractivity contribution < 1.29 is 17.9 Å². The van der Waals surface area contributed by atoms with Crippen LogP contribution in [0.15, 0.2) is 65.8 Å². The largest absolute Gasteiger partial charge is 0.372 e. The van der Waals surface area contributed by atoms with Crippen LogP contribution in [0.25, 0.3) is 22.3 Å². The summed E-state index contributed by atoms with van der Waals surface area (Å²) in [5.41, 5.74) is 2.69. The van der Waals surface area contributed by atoms with Gasteiger partial charge in [0.15, 0.2) is 14.9 Å². The first-order valence-electron chi connectivity index (χ1n) is 12.2. The van der Waals surface area contributed by atoms with Crippen molar-refractivity contribution in [2.24, 2.45) is 0 Å². The van der Waals surface area contributed by atoms with Gasteiger partial charge in [0.1, 0.15) is 11.6 Å². The molecular weight excluding hydrogens is 504 g/mol. The molecule has 38 heavy (non-hydrogen) atoms. The van der Waals surface area contributed by atoms with Crippen LogP contribution in [-0.2, 0) is 25.8 Å². The van der Waals surface area contributed by atoms with Gasteiger partial charge in [-0.25, -0.2) is 23.4 Å². The number of amides is 1. The first kappa shape index (κ1) is 25.7. The Labute approximate surface area is 221 Å². The van der Waals surface area contributed by atoms with Gasteiger partial charge in [-0.2, -0.15) is 0 Å². The number of morpholine rings is 1. The molecule has 2 atom stereocenters. The number of rotatable bonds is 6. The molecule has 5 rings (SSSR count). The Hall–Kier alpha value is -3.96. The van der Waals surface area contributed by atoms with Crippen molar-refractivity contribution in [3.8, 4) is 11.4 Å². The smallest absolute Gasteiger partial charge is 0.231 e. The van der Waals surface area contributed by atoms with Gasteiger partial charge >= 0.3 is 0 Å². The van der Waals surface area contributed by atoms with Crippen molar-refractivity contribution in [2.45, 2.75) is 37.5 Å². The Morgan fingerprint density at radius 1 is 1.00 bits per heavy atom. The summed E-state index contributed by atoms with van der Waals surface area (Å²) in [6.07, 6.45) is 2.98. The summed E-state index contributed by atoms with van der Waals surface area (Å²) in [7, 11) is -3.48. The third kappa shape index (κ3) is 5.95. The monoisotopic (exact) mass is 532 g/mol. The quantitative estimate of drug-likeness (QED) is 0.398. The van der Waals surface area contributed by atoms with Crippen LogP contribution in [0, 0.1) is 0 Å². The molecule has 0 aliphatic carbocycles. The van der Waals surface area contributed by atoms with Crippen LogP contribution in [-0.4, -0.2) is 65.8 Å². The number of nitrogens with one attached hydrogen (secondary N) is 1. The second kappa shape index (κ2) is 10.4. The van der Waals surface area contributed by atoms with Crippen molar-refractivity contribution in [3.05, 3.63) is 66.5 Å². The van der Waals surface area contributed by atoms with Gasteiger partial charge in [0.05, 0.1) is 41.2 Å². The van der Waals surface area contributed by atoms with Gasteiger partial charge in [0, 0.05) is 30.9 Å². The van der Waals surface area contributed by atoms with Crippen LogP contribution in [0.4, 0.5) is 11.6 Å². The van der Waals surface area contributed by atoms with Crippen molar-refractivity contribution in [2.75, 3.05) is 29.6 Å².